The van der Waals surface area contributed by atoms with Crippen LogP contribution >= 0.6 is 11.8 Å². The molecular weight excluding hydrogens is 332 g/mol. The predicted molar refractivity (Wildman–Crippen MR) is 105 cm³/mol. The number of likely N-dealkylation sites (N-methyl/N-ethyl adjacent to an activating group) is 1. The molecule has 0 spiro atoms. The quantitative estimate of drug-likeness (QED) is 0.714. The molecule has 0 bridgehead atoms. The van der Waals surface area contributed by atoms with Crippen LogP contribution in [-0.2, 0) is 4.79 Å². The predicted octanol–water partition coefficient (Wildman–Crippen LogP) is 4.77. The standard InChI is InChI=1S/C20H26N2O2S/c1-7-22-16-8-12(2)14(9-15(16)13(3)11-20(22,4)5)10-17-18(23)21(6)19(24)25-17/h8-10,13H,7,11H2,1-6H3/b17-10+/t13-/m1/s1. The van der Waals surface area contributed by atoms with E-state index in [0.29, 0.717) is 10.8 Å². The molecule has 0 saturated carbocycles. The van der Waals surface area contributed by atoms with Crippen molar-refractivity contribution in [2.24, 2.45) is 0 Å². The zero-order valence-electron chi connectivity index (χ0n) is 15.8. The smallest absolute Gasteiger partial charge is 0.293 e. The van der Waals surface area contributed by atoms with Gasteiger partial charge in [0.1, 0.15) is 0 Å². The van der Waals surface area contributed by atoms with Gasteiger partial charge < -0.3 is 4.90 Å². The van der Waals surface area contributed by atoms with Crippen molar-refractivity contribution in [2.75, 3.05) is 18.5 Å². The van der Waals surface area contributed by atoms with E-state index in [0.717, 1.165) is 35.9 Å². The fourth-order valence-corrected chi connectivity index (χ4v) is 4.91. The van der Waals surface area contributed by atoms with Gasteiger partial charge in [0.2, 0.25) is 0 Å². The molecule has 0 N–H and O–H groups in total. The number of imide groups is 1. The molecule has 2 aliphatic rings. The van der Waals surface area contributed by atoms with Gasteiger partial charge in [-0.15, -0.1) is 0 Å². The van der Waals surface area contributed by atoms with Gasteiger partial charge in [0.05, 0.1) is 4.91 Å². The van der Waals surface area contributed by atoms with Crippen molar-refractivity contribution in [1.29, 1.82) is 0 Å². The van der Waals surface area contributed by atoms with Gasteiger partial charge >= 0.3 is 0 Å². The van der Waals surface area contributed by atoms with E-state index in [1.54, 1.807) is 0 Å². The minimum Gasteiger partial charge on any atom is -0.366 e. The van der Waals surface area contributed by atoms with Crippen molar-refractivity contribution in [3.63, 3.8) is 0 Å². The Kier molecular flexibility index (Phi) is 4.48. The molecule has 2 heterocycles. The summed E-state index contributed by atoms with van der Waals surface area (Å²) in [5, 5.41) is -0.209. The number of anilines is 1. The van der Waals surface area contributed by atoms with Crippen LogP contribution in [0, 0.1) is 6.92 Å². The summed E-state index contributed by atoms with van der Waals surface area (Å²) in [5.41, 5.74) is 4.92. The Hall–Kier alpha value is -1.75. The summed E-state index contributed by atoms with van der Waals surface area (Å²) >= 11 is 1.02. The lowest BCUT2D eigenvalue weighted by molar-refractivity contribution is -0.121. The maximum atomic E-state index is 12.2. The van der Waals surface area contributed by atoms with Crippen molar-refractivity contribution in [1.82, 2.24) is 4.90 Å². The van der Waals surface area contributed by atoms with E-state index in [9.17, 15) is 9.59 Å². The summed E-state index contributed by atoms with van der Waals surface area (Å²) in [6.45, 7) is 12.1. The highest BCUT2D eigenvalue weighted by atomic mass is 32.2. The van der Waals surface area contributed by atoms with E-state index >= 15 is 0 Å². The first-order valence-electron chi connectivity index (χ1n) is 8.79. The van der Waals surface area contributed by atoms with E-state index in [1.807, 2.05) is 6.08 Å². The second-order valence-corrected chi connectivity index (χ2v) is 8.66. The normalized spacial score (nSPS) is 24.2. The van der Waals surface area contributed by atoms with Crippen molar-refractivity contribution >= 4 is 34.7 Å². The first-order chi connectivity index (χ1) is 11.7. The van der Waals surface area contributed by atoms with Gasteiger partial charge in [-0.2, -0.15) is 0 Å². The Morgan fingerprint density at radius 3 is 2.56 bits per heavy atom. The summed E-state index contributed by atoms with van der Waals surface area (Å²) in [7, 11) is 1.53. The van der Waals surface area contributed by atoms with E-state index in [2.05, 4.69) is 51.7 Å². The maximum absolute atomic E-state index is 12.2. The van der Waals surface area contributed by atoms with Crippen LogP contribution in [0.5, 0.6) is 0 Å². The van der Waals surface area contributed by atoms with Crippen molar-refractivity contribution in [2.45, 2.75) is 52.5 Å². The molecule has 134 valence electrons. The highest BCUT2D eigenvalue weighted by molar-refractivity contribution is 8.18. The molecule has 1 aromatic carbocycles. The maximum Gasteiger partial charge on any atom is 0.293 e. The van der Waals surface area contributed by atoms with Crippen LogP contribution in [0.15, 0.2) is 17.0 Å². The molecule has 1 fully saturated rings. The number of amides is 2. The molecule has 25 heavy (non-hydrogen) atoms. The fraction of sp³-hybridized carbons (Fsp3) is 0.500. The Bertz CT molecular complexity index is 782. The molecule has 0 unspecified atom stereocenters. The molecule has 2 aliphatic heterocycles. The average Bonchev–Trinajstić information content (AvgIpc) is 2.75. The number of rotatable bonds is 2. The minimum atomic E-state index is -0.212. The lowest BCUT2D eigenvalue weighted by Gasteiger charge is -2.47. The van der Waals surface area contributed by atoms with Gasteiger partial charge in [-0.3, -0.25) is 14.5 Å². The van der Waals surface area contributed by atoms with Gasteiger partial charge in [-0.05, 0) is 86.7 Å². The Morgan fingerprint density at radius 1 is 1.32 bits per heavy atom. The average molecular weight is 359 g/mol. The van der Waals surface area contributed by atoms with Crippen LogP contribution in [0.4, 0.5) is 10.5 Å². The third-order valence-electron chi connectivity index (χ3n) is 5.36. The Balaban J connectivity index is 2.07. The van der Waals surface area contributed by atoms with Crippen LogP contribution in [0.3, 0.4) is 0 Å². The second-order valence-electron chi connectivity index (χ2n) is 7.67. The molecule has 0 aliphatic carbocycles. The van der Waals surface area contributed by atoms with Gasteiger partial charge in [0.25, 0.3) is 11.1 Å². The number of carbonyl (C=O) groups excluding carboxylic acids is 2. The molecule has 0 aromatic heterocycles. The first-order valence-corrected chi connectivity index (χ1v) is 9.61. The molecular formula is C20H26N2O2S. The Morgan fingerprint density at radius 2 is 2.00 bits per heavy atom. The van der Waals surface area contributed by atoms with Gasteiger partial charge in [0.15, 0.2) is 0 Å². The van der Waals surface area contributed by atoms with Gasteiger partial charge in [-0.25, -0.2) is 0 Å². The number of hydrogen-bond acceptors (Lipinski definition) is 4. The lowest BCUT2D eigenvalue weighted by Crippen LogP contribution is -2.48. The van der Waals surface area contributed by atoms with E-state index in [1.165, 1.54) is 23.2 Å². The molecule has 1 saturated heterocycles. The first kappa shape index (κ1) is 18.1. The molecule has 0 radical (unpaired) electrons. The molecule has 2 amide bonds. The molecule has 5 heteroatoms. The summed E-state index contributed by atoms with van der Waals surface area (Å²) in [6.07, 6.45) is 2.97. The number of thioether (sulfide) groups is 1. The molecule has 3 rings (SSSR count). The van der Waals surface area contributed by atoms with Gasteiger partial charge in [-0.1, -0.05) is 6.92 Å². The van der Waals surface area contributed by atoms with Crippen LogP contribution in [0.25, 0.3) is 6.08 Å². The lowest BCUT2D eigenvalue weighted by atomic mass is 9.79. The summed E-state index contributed by atoms with van der Waals surface area (Å²) in [4.78, 5) is 28.1. The van der Waals surface area contributed by atoms with Crippen molar-refractivity contribution in [3.05, 3.63) is 33.7 Å². The summed E-state index contributed by atoms with van der Waals surface area (Å²) < 4.78 is 0. The third-order valence-corrected chi connectivity index (χ3v) is 6.32. The van der Waals surface area contributed by atoms with E-state index in [-0.39, 0.29) is 16.7 Å². The topological polar surface area (TPSA) is 40.6 Å². The van der Waals surface area contributed by atoms with Crippen molar-refractivity contribution < 1.29 is 9.59 Å². The zero-order valence-corrected chi connectivity index (χ0v) is 16.7. The Labute approximate surface area is 154 Å². The number of nitrogens with zero attached hydrogens (tertiary/aromatic N) is 2. The number of carbonyl (C=O) groups is 2. The fourth-order valence-electron chi connectivity index (χ4n) is 4.09. The summed E-state index contributed by atoms with van der Waals surface area (Å²) in [5.74, 6) is 0.248. The zero-order chi connectivity index (χ0) is 18.5. The third kappa shape index (κ3) is 2.99. The second kappa shape index (κ2) is 6.20. The van der Waals surface area contributed by atoms with E-state index < -0.39 is 0 Å². The van der Waals surface area contributed by atoms with Crippen LogP contribution < -0.4 is 4.90 Å². The molecule has 1 atom stereocenters. The number of benzene rings is 1. The highest BCUT2D eigenvalue weighted by Gasteiger charge is 2.36. The van der Waals surface area contributed by atoms with Gasteiger partial charge in [0, 0.05) is 24.8 Å². The minimum absolute atomic E-state index is 0.139. The number of hydrogen-bond donors (Lipinski definition) is 0. The van der Waals surface area contributed by atoms with Crippen LogP contribution in [-0.4, -0.2) is 35.2 Å². The number of aryl methyl sites for hydroxylation is 1. The van der Waals surface area contributed by atoms with Crippen LogP contribution in [0.2, 0.25) is 0 Å². The van der Waals surface area contributed by atoms with Crippen LogP contribution in [0.1, 0.15) is 56.7 Å². The summed E-state index contributed by atoms with van der Waals surface area (Å²) in [6, 6.07) is 4.44. The molecule has 4 nitrogen and oxygen atoms in total. The SMILES string of the molecule is CCN1c2cc(C)c(/C=C3/SC(=O)N(C)C3=O)cc2[C@H](C)CC1(C)C. The highest BCUT2D eigenvalue weighted by Crippen LogP contribution is 2.44. The van der Waals surface area contributed by atoms with E-state index in [4.69, 9.17) is 0 Å². The molecule has 1 aromatic rings. The van der Waals surface area contributed by atoms with Crippen molar-refractivity contribution in [3.8, 4) is 0 Å². The largest absolute Gasteiger partial charge is 0.366 e. The number of fused-ring (bicyclic) bond motifs is 1. The monoisotopic (exact) mass is 358 g/mol.